The largest absolute Gasteiger partial charge is 0.467 e. The average Bonchev–Trinajstić information content (AvgIpc) is 3.58. The summed E-state index contributed by atoms with van der Waals surface area (Å²) in [6.45, 7) is 2.11. The Balaban J connectivity index is 1.38. The van der Waals surface area contributed by atoms with Gasteiger partial charge in [0.25, 0.3) is 5.56 Å². The lowest BCUT2D eigenvalue weighted by Crippen LogP contribution is -2.54. The summed E-state index contributed by atoms with van der Waals surface area (Å²) in [5, 5.41) is 14.5. The van der Waals surface area contributed by atoms with Crippen LogP contribution in [0.15, 0.2) is 65.5 Å². The molecule has 1 N–H and O–H groups in total. The van der Waals surface area contributed by atoms with Gasteiger partial charge in [0.15, 0.2) is 5.54 Å². The molecule has 4 heterocycles. The predicted molar refractivity (Wildman–Crippen MR) is 138 cm³/mol. The predicted octanol–water partition coefficient (Wildman–Crippen LogP) is 3.81. The molecule has 1 aliphatic carbocycles. The number of tetrazole rings is 1. The summed E-state index contributed by atoms with van der Waals surface area (Å²) in [5.74, 6) is 0.154. The number of carbonyl (C=O) groups excluding carboxylic acids is 1. The lowest BCUT2D eigenvalue weighted by atomic mass is 9.83. The van der Waals surface area contributed by atoms with E-state index in [1.807, 2.05) is 30.3 Å². The van der Waals surface area contributed by atoms with Crippen molar-refractivity contribution in [2.45, 2.75) is 50.6 Å². The molecular formula is C28H28N6O3. The van der Waals surface area contributed by atoms with Gasteiger partial charge in [0.2, 0.25) is 5.82 Å². The maximum Gasteiger partial charge on any atom is 0.337 e. The Labute approximate surface area is 213 Å². The number of aromatic amines is 1. The van der Waals surface area contributed by atoms with Crippen LogP contribution in [-0.4, -0.2) is 43.1 Å². The molecule has 2 aromatic heterocycles. The molecule has 0 saturated carbocycles. The highest BCUT2D eigenvalue weighted by molar-refractivity contribution is 5.82. The van der Waals surface area contributed by atoms with Gasteiger partial charge in [0.1, 0.15) is 0 Å². The maximum absolute atomic E-state index is 13.9. The molecule has 188 valence electrons. The van der Waals surface area contributed by atoms with Gasteiger partial charge in [-0.15, -0.1) is 10.2 Å². The van der Waals surface area contributed by atoms with E-state index in [1.54, 1.807) is 4.68 Å². The van der Waals surface area contributed by atoms with Crippen molar-refractivity contribution in [2.24, 2.45) is 0 Å². The summed E-state index contributed by atoms with van der Waals surface area (Å²) < 4.78 is 8.90. The van der Waals surface area contributed by atoms with E-state index in [4.69, 9.17) is 4.74 Å². The number of allylic oxidation sites excluding steroid dienone is 1. The van der Waals surface area contributed by atoms with Gasteiger partial charge in [-0.3, -0.25) is 9.48 Å². The zero-order valence-electron chi connectivity index (χ0n) is 20.8. The van der Waals surface area contributed by atoms with Crippen molar-refractivity contribution >= 4 is 5.97 Å². The molecular weight excluding hydrogens is 468 g/mol. The second-order valence-electron chi connectivity index (χ2n) is 9.67. The fourth-order valence-electron chi connectivity index (χ4n) is 5.85. The molecule has 3 aliphatic rings. The molecule has 0 radical (unpaired) electrons. The zero-order valence-corrected chi connectivity index (χ0v) is 20.8. The first-order chi connectivity index (χ1) is 18.1. The van der Waals surface area contributed by atoms with Gasteiger partial charge in [-0.1, -0.05) is 68.0 Å². The first kappa shape index (κ1) is 23.1. The molecule has 0 spiro atoms. The van der Waals surface area contributed by atoms with Crippen LogP contribution in [0.1, 0.15) is 49.0 Å². The first-order valence-electron chi connectivity index (χ1n) is 12.6. The van der Waals surface area contributed by atoms with E-state index in [9.17, 15) is 9.59 Å². The van der Waals surface area contributed by atoms with Crippen LogP contribution in [0.4, 0.5) is 0 Å². The highest BCUT2D eigenvalue weighted by Crippen LogP contribution is 2.42. The summed E-state index contributed by atoms with van der Waals surface area (Å²) in [5.41, 5.74) is 4.56. The minimum absolute atomic E-state index is 0.0820. The quantitative estimate of drug-likeness (QED) is 0.308. The number of esters is 1. The van der Waals surface area contributed by atoms with Crippen LogP contribution in [0.5, 0.6) is 0 Å². The fourth-order valence-corrected chi connectivity index (χ4v) is 5.85. The summed E-state index contributed by atoms with van der Waals surface area (Å²) in [6.07, 6.45) is 7.48. The second-order valence-corrected chi connectivity index (χ2v) is 9.67. The number of hydrogen-bond donors (Lipinski definition) is 1. The van der Waals surface area contributed by atoms with Crippen molar-refractivity contribution in [1.29, 1.82) is 0 Å². The standard InChI is InChI=1S/C28H28N6O3/c1-3-6-24-23(26(35)34-28(27(36)37-2)15-13-20(14-16-28)33(24)34)17-18-9-11-19(12-10-18)21-7-4-5-8-22(21)25-29-31-32-30-25/h4-5,7-13,15,20H,3,6,14,16-17H2,1-2H3,(H,29,30,31,32). The Morgan fingerprint density at radius 1 is 1.16 bits per heavy atom. The van der Waals surface area contributed by atoms with Crippen molar-refractivity contribution in [3.05, 3.63) is 87.9 Å². The minimum Gasteiger partial charge on any atom is -0.467 e. The van der Waals surface area contributed by atoms with Crippen LogP contribution in [-0.2, 0) is 27.9 Å². The normalized spacial score (nSPS) is 19.7. The summed E-state index contributed by atoms with van der Waals surface area (Å²) in [4.78, 5) is 26.8. The number of H-pyrrole nitrogens is 1. The van der Waals surface area contributed by atoms with Gasteiger partial charge in [0, 0.05) is 23.2 Å². The van der Waals surface area contributed by atoms with Gasteiger partial charge >= 0.3 is 5.97 Å². The Kier molecular flexibility index (Phi) is 5.62. The van der Waals surface area contributed by atoms with Crippen molar-refractivity contribution < 1.29 is 9.53 Å². The number of rotatable bonds is 7. The molecule has 37 heavy (non-hydrogen) atoms. The highest BCUT2D eigenvalue weighted by atomic mass is 16.5. The minimum atomic E-state index is -1.07. The summed E-state index contributed by atoms with van der Waals surface area (Å²) in [6, 6.07) is 16.2. The third kappa shape index (κ3) is 3.56. The third-order valence-corrected chi connectivity index (χ3v) is 7.58. The number of fused-ring (bicyclic) bond motifs is 1. The van der Waals surface area contributed by atoms with E-state index >= 15 is 0 Å². The van der Waals surface area contributed by atoms with E-state index in [2.05, 4.69) is 62.6 Å². The molecule has 9 nitrogen and oxygen atoms in total. The molecule has 2 aromatic carbocycles. The smallest absolute Gasteiger partial charge is 0.337 e. The first-order valence-corrected chi connectivity index (χ1v) is 12.6. The molecule has 2 bridgehead atoms. The topological polar surface area (TPSA) is 108 Å². The van der Waals surface area contributed by atoms with E-state index in [1.165, 1.54) is 7.11 Å². The Hall–Kier alpha value is -4.27. The zero-order chi connectivity index (χ0) is 25.6. The van der Waals surface area contributed by atoms with Crippen LogP contribution in [0.3, 0.4) is 0 Å². The SMILES string of the molecule is CCCc1c(Cc2ccc(-c3ccccc3-c3nn[nH]n3)cc2)c(=O)n2n1C1C=CC2(C(=O)OC)CC1. The van der Waals surface area contributed by atoms with Crippen LogP contribution >= 0.6 is 0 Å². The van der Waals surface area contributed by atoms with Crippen molar-refractivity contribution in [1.82, 2.24) is 30.0 Å². The summed E-state index contributed by atoms with van der Waals surface area (Å²) in [7, 11) is 1.39. The number of nitrogens with one attached hydrogen (secondary N) is 1. The molecule has 2 unspecified atom stereocenters. The molecule has 0 saturated heterocycles. The third-order valence-electron chi connectivity index (χ3n) is 7.58. The van der Waals surface area contributed by atoms with Crippen LogP contribution in [0.2, 0.25) is 0 Å². The van der Waals surface area contributed by atoms with Crippen molar-refractivity contribution in [3.63, 3.8) is 0 Å². The van der Waals surface area contributed by atoms with E-state index in [0.717, 1.165) is 52.8 Å². The van der Waals surface area contributed by atoms with Gasteiger partial charge in [-0.2, -0.15) is 5.21 Å². The van der Waals surface area contributed by atoms with Gasteiger partial charge in [-0.05, 0) is 47.2 Å². The Morgan fingerprint density at radius 3 is 2.59 bits per heavy atom. The lowest BCUT2D eigenvalue weighted by Gasteiger charge is -2.43. The Bertz CT molecular complexity index is 1550. The number of hydrogen-bond acceptors (Lipinski definition) is 6. The number of benzene rings is 2. The maximum atomic E-state index is 13.9. The number of nitrogens with zero attached hydrogens (tertiary/aromatic N) is 5. The average molecular weight is 497 g/mol. The van der Waals surface area contributed by atoms with Gasteiger partial charge in [0.05, 0.1) is 13.2 Å². The fraction of sp³-hybridized carbons (Fsp3) is 0.321. The van der Waals surface area contributed by atoms with Gasteiger partial charge in [-0.25, -0.2) is 9.48 Å². The number of methoxy groups -OCH3 is 1. The van der Waals surface area contributed by atoms with Crippen LogP contribution in [0.25, 0.3) is 22.5 Å². The second kappa shape index (κ2) is 8.99. The van der Waals surface area contributed by atoms with Crippen LogP contribution in [0, 0.1) is 0 Å². The monoisotopic (exact) mass is 496 g/mol. The van der Waals surface area contributed by atoms with Gasteiger partial charge < -0.3 is 4.74 Å². The van der Waals surface area contributed by atoms with Crippen molar-refractivity contribution in [2.75, 3.05) is 7.11 Å². The lowest BCUT2D eigenvalue weighted by molar-refractivity contribution is -0.152. The van der Waals surface area contributed by atoms with E-state index in [-0.39, 0.29) is 17.6 Å². The van der Waals surface area contributed by atoms with Crippen molar-refractivity contribution in [3.8, 4) is 22.5 Å². The van der Waals surface area contributed by atoms with E-state index in [0.29, 0.717) is 18.7 Å². The van der Waals surface area contributed by atoms with E-state index < -0.39 is 5.54 Å². The highest BCUT2D eigenvalue weighted by Gasteiger charge is 2.50. The molecule has 2 aliphatic heterocycles. The molecule has 7 rings (SSSR count). The number of aromatic nitrogens is 6. The molecule has 0 amide bonds. The molecule has 2 atom stereocenters. The Morgan fingerprint density at radius 2 is 1.95 bits per heavy atom. The number of ether oxygens (including phenoxy) is 1. The molecule has 0 fully saturated rings. The molecule has 4 aromatic rings. The molecule has 9 heteroatoms. The van der Waals surface area contributed by atoms with Crippen LogP contribution < -0.4 is 5.56 Å². The summed E-state index contributed by atoms with van der Waals surface area (Å²) >= 11 is 0. The number of carbonyl (C=O) groups is 1.